The zero-order chi connectivity index (χ0) is 18.5. The lowest BCUT2D eigenvalue weighted by Gasteiger charge is -2.19. The van der Waals surface area contributed by atoms with Gasteiger partial charge in [0.25, 0.3) is 0 Å². The monoisotopic (exact) mass is 388 g/mol. The maximum Gasteiger partial charge on any atom is 0.243 e. The Labute approximate surface area is 151 Å². The fraction of sp³-hybridized carbons (Fsp3) is 0.647. The molecule has 1 fully saturated rings. The van der Waals surface area contributed by atoms with E-state index in [4.69, 9.17) is 0 Å². The topological polar surface area (TPSA) is 83.6 Å². The summed E-state index contributed by atoms with van der Waals surface area (Å²) in [6, 6.07) is 5.45. The van der Waals surface area contributed by atoms with E-state index in [1.165, 1.54) is 28.6 Å². The van der Waals surface area contributed by atoms with Crippen molar-refractivity contribution in [1.29, 1.82) is 0 Å². The van der Waals surface area contributed by atoms with Gasteiger partial charge in [0, 0.05) is 19.1 Å². The minimum atomic E-state index is -3.63. The molecule has 6 nitrogen and oxygen atoms in total. The van der Waals surface area contributed by atoms with Gasteiger partial charge in [0.05, 0.1) is 9.79 Å². The van der Waals surface area contributed by atoms with Crippen LogP contribution in [0, 0.1) is 0 Å². The summed E-state index contributed by atoms with van der Waals surface area (Å²) < 4.78 is 54.2. The summed E-state index contributed by atoms with van der Waals surface area (Å²) in [4.78, 5) is 0.222. The Morgan fingerprint density at radius 3 is 1.84 bits per heavy atom. The first-order valence-corrected chi connectivity index (χ1v) is 11.9. The van der Waals surface area contributed by atoms with Crippen molar-refractivity contribution in [2.24, 2.45) is 0 Å². The van der Waals surface area contributed by atoms with Gasteiger partial charge in [-0.05, 0) is 37.1 Å². The molecule has 1 aromatic carbocycles. The van der Waals surface area contributed by atoms with Crippen LogP contribution in [0.4, 0.5) is 0 Å². The van der Waals surface area contributed by atoms with Gasteiger partial charge in [0.15, 0.2) is 0 Å². The average molecular weight is 389 g/mol. The number of rotatable bonds is 7. The van der Waals surface area contributed by atoms with Gasteiger partial charge >= 0.3 is 0 Å². The van der Waals surface area contributed by atoms with E-state index in [0.717, 1.165) is 38.5 Å². The molecular formula is C17H28N2O4S2. The third-order valence-electron chi connectivity index (χ3n) is 4.65. The maximum atomic E-state index is 12.5. The van der Waals surface area contributed by atoms with Crippen LogP contribution in [-0.4, -0.2) is 40.3 Å². The molecule has 0 bridgehead atoms. The number of sulfonamides is 2. The maximum absolute atomic E-state index is 12.5. The van der Waals surface area contributed by atoms with E-state index in [1.54, 1.807) is 13.8 Å². The van der Waals surface area contributed by atoms with Gasteiger partial charge in [0.1, 0.15) is 0 Å². The molecule has 0 heterocycles. The third kappa shape index (κ3) is 5.03. The largest absolute Gasteiger partial charge is 0.243 e. The van der Waals surface area contributed by atoms with Gasteiger partial charge in [-0.25, -0.2) is 21.6 Å². The summed E-state index contributed by atoms with van der Waals surface area (Å²) in [6.07, 6.45) is 6.08. The standard InChI is InChI=1S/C17H28N2O4S2/c1-3-19(4-2)25(22,23)17-13-11-16(12-14-17)24(20,21)18-15-9-7-5-6-8-10-15/h11-15,18H,3-10H2,1-2H3. The van der Waals surface area contributed by atoms with Crippen LogP contribution in [0.1, 0.15) is 52.4 Å². The Hall–Kier alpha value is -0.960. The lowest BCUT2D eigenvalue weighted by molar-refractivity contribution is 0.445. The van der Waals surface area contributed by atoms with Crippen molar-refractivity contribution in [3.8, 4) is 0 Å². The van der Waals surface area contributed by atoms with Crippen molar-refractivity contribution in [2.45, 2.75) is 68.2 Å². The van der Waals surface area contributed by atoms with Crippen molar-refractivity contribution in [3.05, 3.63) is 24.3 Å². The van der Waals surface area contributed by atoms with E-state index >= 15 is 0 Å². The average Bonchev–Trinajstić information content (AvgIpc) is 2.84. The van der Waals surface area contributed by atoms with Crippen LogP contribution in [0.2, 0.25) is 0 Å². The Morgan fingerprint density at radius 1 is 0.880 bits per heavy atom. The molecule has 25 heavy (non-hydrogen) atoms. The zero-order valence-corrected chi connectivity index (χ0v) is 16.6. The van der Waals surface area contributed by atoms with Crippen LogP contribution < -0.4 is 4.72 Å². The highest BCUT2D eigenvalue weighted by atomic mass is 32.2. The summed E-state index contributed by atoms with van der Waals surface area (Å²) in [7, 11) is -7.21. The van der Waals surface area contributed by atoms with Gasteiger partial charge in [0.2, 0.25) is 20.0 Å². The molecule has 0 amide bonds. The molecule has 8 heteroatoms. The zero-order valence-electron chi connectivity index (χ0n) is 14.9. The van der Waals surface area contributed by atoms with E-state index in [1.807, 2.05) is 0 Å². The normalized spacial score (nSPS) is 17.6. The van der Waals surface area contributed by atoms with E-state index in [-0.39, 0.29) is 15.8 Å². The minimum Gasteiger partial charge on any atom is -0.208 e. The van der Waals surface area contributed by atoms with Crippen LogP contribution in [0.25, 0.3) is 0 Å². The smallest absolute Gasteiger partial charge is 0.208 e. The fourth-order valence-corrected chi connectivity index (χ4v) is 5.95. The Bertz CT molecular complexity index is 746. The number of hydrogen-bond donors (Lipinski definition) is 1. The molecule has 0 aromatic heterocycles. The lowest BCUT2D eigenvalue weighted by Crippen LogP contribution is -2.34. The van der Waals surface area contributed by atoms with Gasteiger partial charge in [-0.2, -0.15) is 4.31 Å². The second-order valence-corrected chi connectivity index (χ2v) is 10.0. The SMILES string of the molecule is CCN(CC)S(=O)(=O)c1ccc(S(=O)(=O)NC2CCCCCC2)cc1. The number of nitrogens with zero attached hydrogens (tertiary/aromatic N) is 1. The lowest BCUT2D eigenvalue weighted by atomic mass is 10.1. The summed E-state index contributed by atoms with van der Waals surface area (Å²) in [5.74, 6) is 0. The first kappa shape index (κ1) is 20.4. The van der Waals surface area contributed by atoms with Crippen LogP contribution >= 0.6 is 0 Å². The quantitative estimate of drug-likeness (QED) is 0.728. The molecule has 0 atom stereocenters. The second-order valence-electron chi connectivity index (χ2n) is 6.37. The number of nitrogens with one attached hydrogen (secondary N) is 1. The molecule has 0 unspecified atom stereocenters. The summed E-state index contributed by atoms with van der Waals surface area (Å²) in [5, 5.41) is 0. The highest BCUT2D eigenvalue weighted by Crippen LogP contribution is 2.21. The highest BCUT2D eigenvalue weighted by molar-refractivity contribution is 7.89. The Kier molecular flexibility index (Phi) is 7.01. The van der Waals surface area contributed by atoms with Crippen molar-refractivity contribution < 1.29 is 16.8 Å². The molecule has 1 N–H and O–H groups in total. The van der Waals surface area contributed by atoms with Crippen molar-refractivity contribution in [3.63, 3.8) is 0 Å². The number of benzene rings is 1. The fourth-order valence-electron chi connectivity index (χ4n) is 3.19. The van der Waals surface area contributed by atoms with Crippen molar-refractivity contribution in [1.82, 2.24) is 9.03 Å². The second kappa shape index (κ2) is 8.62. The molecule has 1 aromatic rings. The molecule has 1 saturated carbocycles. The van der Waals surface area contributed by atoms with Gasteiger partial charge < -0.3 is 0 Å². The molecule has 142 valence electrons. The van der Waals surface area contributed by atoms with Gasteiger partial charge in [-0.3, -0.25) is 0 Å². The first-order valence-electron chi connectivity index (χ1n) is 8.93. The van der Waals surface area contributed by atoms with E-state index in [9.17, 15) is 16.8 Å². The first-order chi connectivity index (χ1) is 11.8. The highest BCUT2D eigenvalue weighted by Gasteiger charge is 2.24. The third-order valence-corrected chi connectivity index (χ3v) is 8.25. The van der Waals surface area contributed by atoms with Crippen LogP contribution in [0.5, 0.6) is 0 Å². The predicted molar refractivity (Wildman–Crippen MR) is 98.4 cm³/mol. The molecule has 1 aliphatic carbocycles. The molecule has 0 spiro atoms. The molecule has 0 radical (unpaired) electrons. The molecule has 1 aliphatic rings. The van der Waals surface area contributed by atoms with E-state index < -0.39 is 20.0 Å². The van der Waals surface area contributed by atoms with Crippen LogP contribution in [0.15, 0.2) is 34.1 Å². The molecule has 2 rings (SSSR count). The molecule has 0 saturated heterocycles. The molecule has 0 aliphatic heterocycles. The Balaban J connectivity index is 2.18. The predicted octanol–water partition coefficient (Wildman–Crippen LogP) is 2.72. The van der Waals surface area contributed by atoms with E-state index in [0.29, 0.717) is 13.1 Å². The summed E-state index contributed by atoms with van der Waals surface area (Å²) in [6.45, 7) is 4.30. The minimum absolute atomic E-state index is 0.0356. The van der Waals surface area contributed by atoms with E-state index in [2.05, 4.69) is 4.72 Å². The van der Waals surface area contributed by atoms with Gasteiger partial charge in [-0.1, -0.05) is 39.5 Å². The van der Waals surface area contributed by atoms with Gasteiger partial charge in [-0.15, -0.1) is 0 Å². The summed E-state index contributed by atoms with van der Waals surface area (Å²) in [5.41, 5.74) is 0. The van der Waals surface area contributed by atoms with Crippen molar-refractivity contribution in [2.75, 3.05) is 13.1 Å². The summed E-state index contributed by atoms with van der Waals surface area (Å²) >= 11 is 0. The van der Waals surface area contributed by atoms with Crippen molar-refractivity contribution >= 4 is 20.0 Å². The Morgan fingerprint density at radius 2 is 1.36 bits per heavy atom. The number of hydrogen-bond acceptors (Lipinski definition) is 4. The van der Waals surface area contributed by atoms with Crippen LogP contribution in [-0.2, 0) is 20.0 Å². The molecular weight excluding hydrogens is 360 g/mol. The van der Waals surface area contributed by atoms with Crippen LogP contribution in [0.3, 0.4) is 0 Å².